The molecular formula is C16H15N5. The molecule has 5 nitrogen and oxygen atoms in total. The number of benzene rings is 2. The molecule has 0 fully saturated rings. The second kappa shape index (κ2) is 5.13. The molecular weight excluding hydrogens is 262 g/mol. The van der Waals surface area contributed by atoms with Crippen molar-refractivity contribution in [1.29, 1.82) is 5.41 Å². The van der Waals surface area contributed by atoms with Gasteiger partial charge in [-0.05, 0) is 41.8 Å². The summed E-state index contributed by atoms with van der Waals surface area (Å²) in [6.45, 7) is 0. The van der Waals surface area contributed by atoms with Crippen LogP contribution in [0, 0.1) is 5.41 Å². The summed E-state index contributed by atoms with van der Waals surface area (Å²) in [6, 6.07) is 15.0. The highest BCUT2D eigenvalue weighted by molar-refractivity contribution is 6.02. The summed E-state index contributed by atoms with van der Waals surface area (Å²) in [7, 11) is 0. The number of nitrogens with zero attached hydrogens (tertiary/aromatic N) is 1. The second-order valence-corrected chi connectivity index (χ2v) is 4.74. The molecule has 0 amide bonds. The van der Waals surface area contributed by atoms with Gasteiger partial charge < -0.3 is 16.5 Å². The van der Waals surface area contributed by atoms with Crippen LogP contribution in [0.4, 0.5) is 5.69 Å². The largest absolute Gasteiger partial charge is 0.384 e. The zero-order valence-electron chi connectivity index (χ0n) is 11.3. The SMILES string of the molecule is N=C(N)c1ccc(N=C(N)c2ccc3cc[nH]c3c2)cc1. The van der Waals surface area contributed by atoms with Gasteiger partial charge in [-0.15, -0.1) is 0 Å². The van der Waals surface area contributed by atoms with Crippen LogP contribution in [0.25, 0.3) is 10.9 Å². The Kier molecular flexibility index (Phi) is 3.16. The first-order chi connectivity index (χ1) is 10.1. The molecule has 0 unspecified atom stereocenters. The molecule has 0 spiro atoms. The van der Waals surface area contributed by atoms with E-state index < -0.39 is 0 Å². The molecule has 0 aliphatic heterocycles. The number of hydrogen-bond donors (Lipinski definition) is 4. The molecule has 0 saturated heterocycles. The molecule has 6 N–H and O–H groups in total. The standard InChI is InChI=1S/C16H15N5/c17-15(18)11-3-5-13(6-4-11)21-16(19)12-2-1-10-7-8-20-14(10)9-12/h1-9,20H,(H3,17,18)(H2,19,21). The van der Waals surface area contributed by atoms with E-state index in [1.54, 1.807) is 24.3 Å². The molecule has 0 bridgehead atoms. The fourth-order valence-corrected chi connectivity index (χ4v) is 2.13. The molecule has 0 saturated carbocycles. The maximum atomic E-state index is 7.36. The normalized spacial score (nSPS) is 11.7. The van der Waals surface area contributed by atoms with Gasteiger partial charge in [0.1, 0.15) is 11.7 Å². The van der Waals surface area contributed by atoms with Crippen LogP contribution < -0.4 is 11.5 Å². The summed E-state index contributed by atoms with van der Waals surface area (Å²) in [6.07, 6.45) is 1.89. The Morgan fingerprint density at radius 3 is 2.38 bits per heavy atom. The molecule has 0 aliphatic carbocycles. The average Bonchev–Trinajstić information content (AvgIpc) is 2.95. The molecule has 104 valence electrons. The summed E-state index contributed by atoms with van der Waals surface area (Å²) in [5.41, 5.74) is 14.8. The lowest BCUT2D eigenvalue weighted by atomic mass is 10.1. The zero-order chi connectivity index (χ0) is 14.8. The van der Waals surface area contributed by atoms with Crippen LogP contribution in [0.2, 0.25) is 0 Å². The van der Waals surface area contributed by atoms with E-state index in [2.05, 4.69) is 9.98 Å². The van der Waals surface area contributed by atoms with Crippen molar-refractivity contribution in [3.63, 3.8) is 0 Å². The fourth-order valence-electron chi connectivity index (χ4n) is 2.13. The van der Waals surface area contributed by atoms with E-state index in [0.29, 0.717) is 11.4 Å². The van der Waals surface area contributed by atoms with E-state index in [-0.39, 0.29) is 5.84 Å². The Balaban J connectivity index is 1.92. The summed E-state index contributed by atoms with van der Waals surface area (Å²) in [5.74, 6) is 0.484. The fraction of sp³-hybridized carbons (Fsp3) is 0. The minimum absolute atomic E-state index is 0.0377. The van der Waals surface area contributed by atoms with Gasteiger partial charge in [-0.1, -0.05) is 12.1 Å². The minimum Gasteiger partial charge on any atom is -0.384 e. The third-order valence-electron chi connectivity index (χ3n) is 3.28. The number of hydrogen-bond acceptors (Lipinski definition) is 2. The first-order valence-corrected chi connectivity index (χ1v) is 6.49. The first kappa shape index (κ1) is 12.9. The van der Waals surface area contributed by atoms with E-state index in [1.807, 2.05) is 30.5 Å². The number of nitrogen functional groups attached to an aromatic ring is 1. The van der Waals surface area contributed by atoms with Crippen molar-refractivity contribution in [2.24, 2.45) is 16.5 Å². The molecule has 1 heterocycles. The maximum absolute atomic E-state index is 7.36. The van der Waals surface area contributed by atoms with Crippen molar-refractivity contribution < 1.29 is 0 Å². The van der Waals surface area contributed by atoms with E-state index in [0.717, 1.165) is 22.2 Å². The molecule has 2 aromatic carbocycles. The topological polar surface area (TPSA) is 104 Å². The van der Waals surface area contributed by atoms with Crippen molar-refractivity contribution in [2.45, 2.75) is 0 Å². The Bertz CT molecular complexity index is 827. The zero-order valence-corrected chi connectivity index (χ0v) is 11.3. The Morgan fingerprint density at radius 1 is 0.952 bits per heavy atom. The highest BCUT2D eigenvalue weighted by atomic mass is 14.9. The van der Waals surface area contributed by atoms with Crippen molar-refractivity contribution in [3.8, 4) is 0 Å². The van der Waals surface area contributed by atoms with Crippen LogP contribution in [0.5, 0.6) is 0 Å². The molecule has 3 rings (SSSR count). The molecule has 0 aliphatic rings. The number of rotatable bonds is 3. The number of fused-ring (bicyclic) bond motifs is 1. The van der Waals surface area contributed by atoms with E-state index >= 15 is 0 Å². The highest BCUT2D eigenvalue weighted by Gasteiger charge is 2.02. The number of aromatic nitrogens is 1. The van der Waals surface area contributed by atoms with Crippen molar-refractivity contribution in [2.75, 3.05) is 0 Å². The van der Waals surface area contributed by atoms with Crippen molar-refractivity contribution >= 4 is 28.3 Å². The monoisotopic (exact) mass is 277 g/mol. The smallest absolute Gasteiger partial charge is 0.131 e. The van der Waals surface area contributed by atoms with Crippen LogP contribution in [-0.4, -0.2) is 16.7 Å². The number of amidine groups is 2. The van der Waals surface area contributed by atoms with Gasteiger partial charge in [0.05, 0.1) is 5.69 Å². The van der Waals surface area contributed by atoms with Gasteiger partial charge in [0.15, 0.2) is 0 Å². The summed E-state index contributed by atoms with van der Waals surface area (Å²) < 4.78 is 0. The maximum Gasteiger partial charge on any atom is 0.131 e. The van der Waals surface area contributed by atoms with E-state index in [4.69, 9.17) is 16.9 Å². The van der Waals surface area contributed by atoms with Gasteiger partial charge in [0, 0.05) is 22.8 Å². The molecule has 1 aromatic heterocycles. The third-order valence-corrected chi connectivity index (χ3v) is 3.28. The number of nitrogens with one attached hydrogen (secondary N) is 2. The first-order valence-electron chi connectivity index (χ1n) is 6.49. The van der Waals surface area contributed by atoms with Gasteiger partial charge >= 0.3 is 0 Å². The quantitative estimate of drug-likeness (QED) is 0.436. The van der Waals surface area contributed by atoms with Crippen LogP contribution in [0.3, 0.4) is 0 Å². The predicted molar refractivity (Wildman–Crippen MR) is 86.1 cm³/mol. The van der Waals surface area contributed by atoms with Crippen molar-refractivity contribution in [1.82, 2.24) is 4.98 Å². The summed E-state index contributed by atoms with van der Waals surface area (Å²) in [4.78, 5) is 7.54. The van der Waals surface area contributed by atoms with E-state index in [1.165, 1.54) is 0 Å². The third kappa shape index (κ3) is 2.62. The molecule has 21 heavy (non-hydrogen) atoms. The number of nitrogens with two attached hydrogens (primary N) is 2. The molecule has 0 radical (unpaired) electrons. The number of aliphatic imine (C=N–C) groups is 1. The summed E-state index contributed by atoms with van der Waals surface area (Å²) in [5, 5.41) is 8.49. The lowest BCUT2D eigenvalue weighted by molar-refractivity contribution is 1.41. The van der Waals surface area contributed by atoms with Crippen LogP contribution in [0.15, 0.2) is 59.7 Å². The number of aromatic amines is 1. The lowest BCUT2D eigenvalue weighted by Crippen LogP contribution is -2.12. The Hall–Kier alpha value is -3.08. The minimum atomic E-state index is 0.0377. The average molecular weight is 277 g/mol. The van der Waals surface area contributed by atoms with E-state index in [9.17, 15) is 0 Å². The van der Waals surface area contributed by atoms with Crippen LogP contribution in [-0.2, 0) is 0 Å². The predicted octanol–water partition coefficient (Wildman–Crippen LogP) is 2.49. The molecule has 5 heteroatoms. The second-order valence-electron chi connectivity index (χ2n) is 4.74. The Labute approximate surface area is 121 Å². The highest BCUT2D eigenvalue weighted by Crippen LogP contribution is 2.17. The van der Waals surface area contributed by atoms with Gasteiger partial charge in [-0.3, -0.25) is 5.41 Å². The number of H-pyrrole nitrogens is 1. The van der Waals surface area contributed by atoms with Gasteiger partial charge in [-0.2, -0.15) is 0 Å². The lowest BCUT2D eigenvalue weighted by Gasteiger charge is -2.03. The van der Waals surface area contributed by atoms with Gasteiger partial charge in [0.2, 0.25) is 0 Å². The van der Waals surface area contributed by atoms with Crippen LogP contribution >= 0.6 is 0 Å². The van der Waals surface area contributed by atoms with Crippen molar-refractivity contribution in [3.05, 3.63) is 65.9 Å². The Morgan fingerprint density at radius 2 is 1.67 bits per heavy atom. The van der Waals surface area contributed by atoms with Gasteiger partial charge in [-0.25, -0.2) is 4.99 Å². The molecule has 3 aromatic rings. The molecule has 0 atom stereocenters. The summed E-state index contributed by atoms with van der Waals surface area (Å²) >= 11 is 0. The van der Waals surface area contributed by atoms with Gasteiger partial charge in [0.25, 0.3) is 0 Å². The van der Waals surface area contributed by atoms with Crippen LogP contribution in [0.1, 0.15) is 11.1 Å².